The van der Waals surface area contributed by atoms with E-state index in [0.717, 1.165) is 0 Å². The summed E-state index contributed by atoms with van der Waals surface area (Å²) in [5, 5.41) is 0. The molecule has 3 aromatic rings. The van der Waals surface area contributed by atoms with Crippen molar-refractivity contribution in [3.8, 4) is 0 Å². The second-order valence-corrected chi connectivity index (χ2v) is 10.1. The van der Waals surface area contributed by atoms with Crippen LogP contribution in [0.25, 0.3) is 0 Å². The lowest BCUT2D eigenvalue weighted by Crippen LogP contribution is -2.47. The lowest BCUT2D eigenvalue weighted by atomic mass is 9.72. The van der Waals surface area contributed by atoms with E-state index < -0.39 is 0 Å². The van der Waals surface area contributed by atoms with Gasteiger partial charge < -0.3 is 9.80 Å². The molecule has 0 saturated heterocycles. The number of para-hydroxylation sites is 1. The van der Waals surface area contributed by atoms with Crippen LogP contribution in [0.5, 0.6) is 0 Å². The van der Waals surface area contributed by atoms with Crippen molar-refractivity contribution in [1.29, 1.82) is 0 Å². The maximum Gasteiger partial charge on any atom is 0.115 e. The van der Waals surface area contributed by atoms with Crippen LogP contribution in [0.4, 0.5) is 5.69 Å². The Labute approximate surface area is 192 Å². The molecule has 5 rings (SSSR count). The zero-order chi connectivity index (χ0) is 22.5. The topological polar surface area (TPSA) is 6.48 Å². The molecule has 2 nitrogen and oxygen atoms in total. The molecule has 0 fully saturated rings. The first-order valence-electron chi connectivity index (χ1n) is 11.5. The maximum atomic E-state index is 2.56. The van der Waals surface area contributed by atoms with Gasteiger partial charge in [-0.25, -0.2) is 0 Å². The Morgan fingerprint density at radius 2 is 1.25 bits per heavy atom. The molecule has 1 unspecified atom stereocenters. The molecule has 2 heterocycles. The molecule has 0 aromatic heterocycles. The largest absolute Gasteiger partial charge is 0.327 e. The van der Waals surface area contributed by atoms with Gasteiger partial charge in [-0.3, -0.25) is 0 Å². The van der Waals surface area contributed by atoms with Gasteiger partial charge in [-0.1, -0.05) is 99.6 Å². The number of allylic oxidation sites excluding steroid dienone is 2. The Morgan fingerprint density at radius 3 is 1.78 bits per heavy atom. The number of fused-ring (bicyclic) bond motifs is 1. The molecule has 3 aromatic carbocycles. The van der Waals surface area contributed by atoms with E-state index >= 15 is 0 Å². The number of hydrogen-bond donors (Lipinski definition) is 0. The standard InChI is InChI=1S/C30H32N2/c1-22-14-12-13-19-26(22)32-23(2)27-30(24-15-8-6-9-16-24,25-17-10-7-11-18-25)20-21-31(27)28(32)29(3,4)5/h6-21,28H,1-5H3. The molecular weight excluding hydrogens is 388 g/mol. The van der Waals surface area contributed by atoms with E-state index in [4.69, 9.17) is 0 Å². The Morgan fingerprint density at radius 1 is 0.719 bits per heavy atom. The van der Waals surface area contributed by atoms with Crippen molar-refractivity contribution in [3.05, 3.63) is 125 Å². The lowest BCUT2D eigenvalue weighted by Gasteiger charge is -2.42. The van der Waals surface area contributed by atoms with Crippen LogP contribution in [-0.2, 0) is 5.41 Å². The first-order valence-corrected chi connectivity index (χ1v) is 11.5. The number of rotatable bonds is 3. The van der Waals surface area contributed by atoms with Gasteiger partial charge in [-0.05, 0) is 42.7 Å². The normalized spacial score (nSPS) is 19.6. The Balaban J connectivity index is 1.80. The highest BCUT2D eigenvalue weighted by molar-refractivity contribution is 5.67. The fraction of sp³-hybridized carbons (Fsp3) is 0.267. The Bertz CT molecular complexity index is 1140. The van der Waals surface area contributed by atoms with E-state index in [1.807, 2.05) is 0 Å². The summed E-state index contributed by atoms with van der Waals surface area (Å²) in [6, 6.07) is 30.7. The van der Waals surface area contributed by atoms with E-state index in [-0.39, 0.29) is 17.0 Å². The Hall–Kier alpha value is -3.26. The van der Waals surface area contributed by atoms with Gasteiger partial charge in [0.2, 0.25) is 0 Å². The number of anilines is 1. The van der Waals surface area contributed by atoms with Crippen LogP contribution in [0.3, 0.4) is 0 Å². The number of nitrogens with zero attached hydrogens (tertiary/aromatic N) is 2. The Kier molecular flexibility index (Phi) is 4.78. The molecule has 32 heavy (non-hydrogen) atoms. The van der Waals surface area contributed by atoms with Crippen molar-refractivity contribution in [2.75, 3.05) is 4.90 Å². The van der Waals surface area contributed by atoms with E-state index in [9.17, 15) is 0 Å². The predicted octanol–water partition coefficient (Wildman–Crippen LogP) is 7.23. The molecule has 0 saturated carbocycles. The first kappa shape index (κ1) is 20.6. The van der Waals surface area contributed by atoms with Gasteiger partial charge in [0.25, 0.3) is 0 Å². The molecule has 0 bridgehead atoms. The summed E-state index contributed by atoms with van der Waals surface area (Å²) < 4.78 is 0. The van der Waals surface area contributed by atoms with Gasteiger partial charge >= 0.3 is 0 Å². The van der Waals surface area contributed by atoms with Gasteiger partial charge in [-0.15, -0.1) is 0 Å². The third kappa shape index (κ3) is 2.93. The van der Waals surface area contributed by atoms with Crippen LogP contribution in [0.2, 0.25) is 0 Å². The third-order valence-electron chi connectivity index (χ3n) is 6.94. The van der Waals surface area contributed by atoms with Crippen LogP contribution in [0.15, 0.2) is 109 Å². The molecule has 0 aliphatic carbocycles. The first-order chi connectivity index (χ1) is 15.4. The number of hydrogen-bond acceptors (Lipinski definition) is 2. The molecule has 162 valence electrons. The van der Waals surface area contributed by atoms with Crippen molar-refractivity contribution in [2.24, 2.45) is 5.41 Å². The van der Waals surface area contributed by atoms with Crippen molar-refractivity contribution in [2.45, 2.75) is 46.2 Å². The SMILES string of the molecule is CC1=C2N(C=CC2(c2ccccc2)c2ccccc2)C(C(C)(C)C)N1c1ccccc1C. The van der Waals surface area contributed by atoms with Crippen molar-refractivity contribution >= 4 is 5.69 Å². The molecule has 1 atom stereocenters. The summed E-state index contributed by atoms with van der Waals surface area (Å²) in [6.07, 6.45) is 4.93. The summed E-state index contributed by atoms with van der Waals surface area (Å²) in [7, 11) is 0. The van der Waals surface area contributed by atoms with E-state index in [1.54, 1.807) is 0 Å². The van der Waals surface area contributed by atoms with E-state index in [0.29, 0.717) is 0 Å². The summed E-state index contributed by atoms with van der Waals surface area (Å²) >= 11 is 0. The second-order valence-electron chi connectivity index (χ2n) is 10.1. The van der Waals surface area contributed by atoms with E-state index in [1.165, 1.54) is 33.8 Å². The molecule has 0 spiro atoms. The average Bonchev–Trinajstić information content (AvgIpc) is 3.32. The highest BCUT2D eigenvalue weighted by Crippen LogP contribution is 2.55. The van der Waals surface area contributed by atoms with Crippen LogP contribution in [-0.4, -0.2) is 11.1 Å². The minimum atomic E-state index is -0.312. The zero-order valence-electron chi connectivity index (χ0n) is 19.7. The van der Waals surface area contributed by atoms with Crippen LogP contribution < -0.4 is 4.90 Å². The molecule has 2 heteroatoms. The van der Waals surface area contributed by atoms with Crippen molar-refractivity contribution < 1.29 is 0 Å². The summed E-state index contributed by atoms with van der Waals surface area (Å²) in [4.78, 5) is 5.09. The summed E-state index contributed by atoms with van der Waals surface area (Å²) in [5.41, 5.74) is 7.60. The fourth-order valence-corrected chi connectivity index (χ4v) is 5.63. The molecular formula is C30H32N2. The summed E-state index contributed by atoms with van der Waals surface area (Å²) in [6.45, 7) is 11.6. The lowest BCUT2D eigenvalue weighted by molar-refractivity contribution is 0.197. The van der Waals surface area contributed by atoms with Crippen LogP contribution in [0.1, 0.15) is 44.4 Å². The highest BCUT2D eigenvalue weighted by atomic mass is 15.4. The molecule has 0 amide bonds. The summed E-state index contributed by atoms with van der Waals surface area (Å²) in [5.74, 6) is 0. The third-order valence-corrected chi connectivity index (χ3v) is 6.94. The smallest absolute Gasteiger partial charge is 0.115 e. The monoisotopic (exact) mass is 420 g/mol. The number of benzene rings is 3. The van der Waals surface area contributed by atoms with Crippen LogP contribution >= 0.6 is 0 Å². The quantitative estimate of drug-likeness (QED) is 0.441. The van der Waals surface area contributed by atoms with Crippen molar-refractivity contribution in [3.63, 3.8) is 0 Å². The predicted molar refractivity (Wildman–Crippen MR) is 134 cm³/mol. The van der Waals surface area contributed by atoms with Gasteiger partial charge in [-0.2, -0.15) is 0 Å². The second kappa shape index (κ2) is 7.41. The van der Waals surface area contributed by atoms with Gasteiger partial charge in [0.1, 0.15) is 6.17 Å². The molecule has 0 N–H and O–H groups in total. The van der Waals surface area contributed by atoms with E-state index in [2.05, 4.69) is 142 Å². The minimum Gasteiger partial charge on any atom is -0.327 e. The van der Waals surface area contributed by atoms with Gasteiger partial charge in [0.15, 0.2) is 0 Å². The maximum absolute atomic E-state index is 2.56. The molecule has 2 aliphatic rings. The zero-order valence-corrected chi connectivity index (χ0v) is 19.7. The molecule has 2 aliphatic heterocycles. The number of aryl methyl sites for hydroxylation is 1. The fourth-order valence-electron chi connectivity index (χ4n) is 5.63. The average molecular weight is 421 g/mol. The molecule has 0 radical (unpaired) electrons. The van der Waals surface area contributed by atoms with Crippen molar-refractivity contribution in [1.82, 2.24) is 4.90 Å². The minimum absolute atomic E-state index is 0.0408. The van der Waals surface area contributed by atoms with Gasteiger partial charge in [0.05, 0.1) is 11.1 Å². The van der Waals surface area contributed by atoms with Crippen LogP contribution in [0, 0.1) is 12.3 Å². The highest BCUT2D eigenvalue weighted by Gasteiger charge is 2.53. The van der Waals surface area contributed by atoms with Gasteiger partial charge in [0, 0.05) is 23.0 Å².